The summed E-state index contributed by atoms with van der Waals surface area (Å²) >= 11 is 0. The van der Waals surface area contributed by atoms with E-state index in [-0.39, 0.29) is 11.8 Å². The third-order valence-electron chi connectivity index (χ3n) is 5.90. The van der Waals surface area contributed by atoms with Crippen LogP contribution in [-0.2, 0) is 19.6 Å². The van der Waals surface area contributed by atoms with Gasteiger partial charge in [-0.15, -0.1) is 0 Å². The fraction of sp³-hybridized carbons (Fsp3) is 0.500. The number of benzene rings is 2. The monoisotopic (exact) mass is 466 g/mol. The molecule has 1 heterocycles. The summed E-state index contributed by atoms with van der Waals surface area (Å²) < 4.78 is 16.0. The van der Waals surface area contributed by atoms with E-state index >= 15 is 0 Å². The number of hydrogen-bond donors (Lipinski definition) is 1. The van der Waals surface area contributed by atoms with E-state index < -0.39 is 5.82 Å². The van der Waals surface area contributed by atoms with Crippen LogP contribution < -0.4 is 5.32 Å². The maximum atomic E-state index is 13.8. The number of imidazole rings is 1. The maximum absolute atomic E-state index is 13.8. The zero-order valence-electron chi connectivity index (χ0n) is 21.1. The number of halogens is 1. The highest BCUT2D eigenvalue weighted by molar-refractivity contribution is 5.94. The molecule has 5 nitrogen and oxygen atoms in total. The lowest BCUT2D eigenvalue weighted by molar-refractivity contribution is 0.0715. The van der Waals surface area contributed by atoms with Gasteiger partial charge in [-0.3, -0.25) is 4.79 Å². The molecule has 0 fully saturated rings. The number of aryl methyl sites for hydroxylation is 1. The van der Waals surface area contributed by atoms with Crippen LogP contribution in [0.3, 0.4) is 0 Å². The third kappa shape index (κ3) is 6.89. The van der Waals surface area contributed by atoms with Crippen molar-refractivity contribution >= 4 is 16.9 Å². The van der Waals surface area contributed by atoms with E-state index in [9.17, 15) is 9.18 Å². The van der Waals surface area contributed by atoms with Gasteiger partial charge in [0.2, 0.25) is 0 Å². The first-order chi connectivity index (χ1) is 16.4. The van der Waals surface area contributed by atoms with Crippen molar-refractivity contribution in [2.45, 2.75) is 73.0 Å². The molecular formula is C28H39FN4O. The van der Waals surface area contributed by atoms with E-state index in [1.54, 1.807) is 17.0 Å². The summed E-state index contributed by atoms with van der Waals surface area (Å²) in [6.45, 7) is 12.2. The van der Waals surface area contributed by atoms with E-state index in [0.717, 1.165) is 42.9 Å². The van der Waals surface area contributed by atoms with Crippen molar-refractivity contribution in [2.75, 3.05) is 13.1 Å². The van der Waals surface area contributed by atoms with Gasteiger partial charge >= 0.3 is 0 Å². The smallest absolute Gasteiger partial charge is 0.254 e. The summed E-state index contributed by atoms with van der Waals surface area (Å²) in [7, 11) is 0. The molecule has 0 aliphatic carbocycles. The van der Waals surface area contributed by atoms with Gasteiger partial charge in [0.15, 0.2) is 0 Å². The molecule has 34 heavy (non-hydrogen) atoms. The molecule has 184 valence electrons. The topological polar surface area (TPSA) is 50.2 Å². The zero-order chi connectivity index (χ0) is 24.5. The summed E-state index contributed by atoms with van der Waals surface area (Å²) in [4.78, 5) is 20.0. The largest absolute Gasteiger partial charge is 0.331 e. The molecule has 0 saturated heterocycles. The van der Waals surface area contributed by atoms with Crippen LogP contribution in [0.1, 0.15) is 75.1 Å². The Kier molecular flexibility index (Phi) is 9.63. The SMILES string of the molecule is CCCCCNCc1ccc2c(c1)nc(CN(CC(C)C)C(=O)c1cccc(F)c1)n2CCC. The Morgan fingerprint density at radius 3 is 2.65 bits per heavy atom. The number of carbonyl (C=O) groups is 1. The van der Waals surface area contributed by atoms with Gasteiger partial charge in [0.05, 0.1) is 17.6 Å². The fourth-order valence-corrected chi connectivity index (χ4v) is 4.30. The number of carbonyl (C=O) groups excluding carboxylic acids is 1. The van der Waals surface area contributed by atoms with E-state index in [1.165, 1.54) is 37.0 Å². The predicted molar refractivity (Wildman–Crippen MR) is 137 cm³/mol. The van der Waals surface area contributed by atoms with Crippen LogP contribution in [-0.4, -0.2) is 33.4 Å². The molecule has 0 atom stereocenters. The van der Waals surface area contributed by atoms with Crippen LogP contribution in [0.5, 0.6) is 0 Å². The molecule has 1 aromatic heterocycles. The number of fused-ring (bicyclic) bond motifs is 1. The molecule has 6 heteroatoms. The van der Waals surface area contributed by atoms with E-state index in [4.69, 9.17) is 4.98 Å². The van der Waals surface area contributed by atoms with Crippen LogP contribution in [0.15, 0.2) is 42.5 Å². The molecule has 0 unspecified atom stereocenters. The van der Waals surface area contributed by atoms with Crippen molar-refractivity contribution in [3.8, 4) is 0 Å². The fourth-order valence-electron chi connectivity index (χ4n) is 4.30. The molecule has 0 aliphatic heterocycles. The number of hydrogen-bond acceptors (Lipinski definition) is 3. The van der Waals surface area contributed by atoms with Gasteiger partial charge in [-0.25, -0.2) is 9.37 Å². The molecule has 0 radical (unpaired) electrons. The Morgan fingerprint density at radius 1 is 1.12 bits per heavy atom. The number of aromatic nitrogens is 2. The van der Waals surface area contributed by atoms with Crippen LogP contribution >= 0.6 is 0 Å². The van der Waals surface area contributed by atoms with Crippen molar-refractivity contribution in [1.29, 1.82) is 0 Å². The lowest BCUT2D eigenvalue weighted by Gasteiger charge is -2.25. The average molecular weight is 467 g/mol. The summed E-state index contributed by atoms with van der Waals surface area (Å²) in [5.74, 6) is 0.590. The van der Waals surface area contributed by atoms with Crippen LogP contribution in [0.25, 0.3) is 11.0 Å². The van der Waals surface area contributed by atoms with Gasteiger partial charge in [-0.2, -0.15) is 0 Å². The van der Waals surface area contributed by atoms with Crippen molar-refractivity contribution in [2.24, 2.45) is 5.92 Å². The summed E-state index contributed by atoms with van der Waals surface area (Å²) in [6, 6.07) is 12.4. The van der Waals surface area contributed by atoms with Crippen LogP contribution in [0.2, 0.25) is 0 Å². The average Bonchev–Trinajstić information content (AvgIpc) is 3.14. The highest BCUT2D eigenvalue weighted by Crippen LogP contribution is 2.21. The number of unbranched alkanes of at least 4 members (excludes halogenated alkanes) is 2. The molecule has 0 saturated carbocycles. The lowest BCUT2D eigenvalue weighted by Crippen LogP contribution is -2.34. The summed E-state index contributed by atoms with van der Waals surface area (Å²) in [6.07, 6.45) is 4.64. The van der Waals surface area contributed by atoms with Crippen molar-refractivity contribution < 1.29 is 9.18 Å². The van der Waals surface area contributed by atoms with Crippen molar-refractivity contribution in [3.05, 3.63) is 65.2 Å². The number of amides is 1. The van der Waals surface area contributed by atoms with E-state index in [2.05, 4.69) is 55.8 Å². The quantitative estimate of drug-likeness (QED) is 0.307. The Balaban J connectivity index is 1.85. The van der Waals surface area contributed by atoms with Crippen molar-refractivity contribution in [3.63, 3.8) is 0 Å². The van der Waals surface area contributed by atoms with Crippen LogP contribution in [0, 0.1) is 11.7 Å². The van der Waals surface area contributed by atoms with Crippen molar-refractivity contribution in [1.82, 2.24) is 19.8 Å². The second-order valence-electron chi connectivity index (χ2n) is 9.48. The first-order valence-corrected chi connectivity index (χ1v) is 12.7. The Bertz CT molecular complexity index is 1080. The van der Waals surface area contributed by atoms with Gasteiger partial charge in [0, 0.05) is 25.2 Å². The molecular weight excluding hydrogens is 427 g/mol. The van der Waals surface area contributed by atoms with Gasteiger partial charge < -0.3 is 14.8 Å². The number of rotatable bonds is 13. The molecule has 0 spiro atoms. The molecule has 0 bridgehead atoms. The van der Waals surface area contributed by atoms with Gasteiger partial charge in [-0.05, 0) is 61.2 Å². The lowest BCUT2D eigenvalue weighted by atomic mass is 10.1. The first-order valence-electron chi connectivity index (χ1n) is 12.7. The van der Waals surface area contributed by atoms with Gasteiger partial charge in [0.25, 0.3) is 5.91 Å². The van der Waals surface area contributed by atoms with Gasteiger partial charge in [0.1, 0.15) is 11.6 Å². The standard InChI is InChI=1S/C28H39FN4O/c1-5-7-8-14-30-18-22-12-13-26-25(16-22)31-27(33(26)15-6-2)20-32(19-21(3)4)28(34)23-10-9-11-24(29)17-23/h9-13,16-17,21,30H,5-8,14-15,18-20H2,1-4H3. The zero-order valence-corrected chi connectivity index (χ0v) is 21.1. The molecule has 2 aromatic carbocycles. The molecule has 3 rings (SSSR count). The minimum atomic E-state index is -0.399. The third-order valence-corrected chi connectivity index (χ3v) is 5.90. The first kappa shape index (κ1) is 25.9. The molecule has 1 amide bonds. The minimum absolute atomic E-state index is 0.166. The minimum Gasteiger partial charge on any atom is -0.331 e. The summed E-state index contributed by atoms with van der Waals surface area (Å²) in [5.41, 5.74) is 3.63. The van der Waals surface area contributed by atoms with Crippen LogP contribution in [0.4, 0.5) is 4.39 Å². The highest BCUT2D eigenvalue weighted by Gasteiger charge is 2.21. The normalized spacial score (nSPS) is 11.5. The Hall–Kier alpha value is -2.73. The maximum Gasteiger partial charge on any atom is 0.254 e. The Labute approximate surface area is 203 Å². The van der Waals surface area contributed by atoms with E-state index in [1.807, 2.05) is 0 Å². The predicted octanol–water partition coefficient (Wildman–Crippen LogP) is 6.16. The second-order valence-corrected chi connectivity index (χ2v) is 9.48. The Morgan fingerprint density at radius 2 is 1.94 bits per heavy atom. The molecule has 1 N–H and O–H groups in total. The van der Waals surface area contributed by atoms with E-state index in [0.29, 0.717) is 18.7 Å². The number of nitrogens with zero attached hydrogens (tertiary/aromatic N) is 3. The molecule has 0 aliphatic rings. The van der Waals surface area contributed by atoms with Gasteiger partial charge in [-0.1, -0.05) is 52.7 Å². The summed E-state index contributed by atoms with van der Waals surface area (Å²) in [5, 5.41) is 3.52. The molecule has 3 aromatic rings. The highest BCUT2D eigenvalue weighted by atomic mass is 19.1. The number of nitrogens with one attached hydrogen (secondary N) is 1. The second kappa shape index (κ2) is 12.7.